The minimum Gasteiger partial charge on any atom is -0.462 e. The van der Waals surface area contributed by atoms with Crippen molar-refractivity contribution >= 4 is 5.97 Å². The molecule has 2 heterocycles. The first-order valence-corrected chi connectivity index (χ1v) is 8.51. The van der Waals surface area contributed by atoms with Crippen molar-refractivity contribution in [1.82, 2.24) is 9.97 Å². The molecule has 0 saturated carbocycles. The predicted molar refractivity (Wildman–Crippen MR) is 100 cm³/mol. The number of nitrogens with zero attached hydrogens (tertiary/aromatic N) is 4. The van der Waals surface area contributed by atoms with Gasteiger partial charge >= 0.3 is 5.97 Å². The molecule has 1 aromatic carbocycles. The first-order chi connectivity index (χ1) is 14.1. The van der Waals surface area contributed by atoms with E-state index in [4.69, 9.17) is 24.7 Å². The average molecular weight is 386 g/mol. The van der Waals surface area contributed by atoms with Gasteiger partial charge < -0.3 is 14.2 Å². The van der Waals surface area contributed by atoms with Gasteiger partial charge in [-0.1, -0.05) is 0 Å². The molecule has 0 radical (unpaired) electrons. The zero-order chi connectivity index (χ0) is 20.6. The summed E-state index contributed by atoms with van der Waals surface area (Å²) in [6.07, 6.45) is 2.76. The lowest BCUT2D eigenvalue weighted by Gasteiger charge is -2.11. The number of benzene rings is 1. The Bertz CT molecular complexity index is 1020. The SMILES string of the molecule is CCOC(=O)c1cc(Oc2ccc(C#N)cn2)cc(Oc2ccc(C#N)cn2)c1. The Labute approximate surface area is 166 Å². The van der Waals surface area contributed by atoms with Crippen LogP contribution in [0, 0.1) is 22.7 Å². The number of esters is 1. The number of aromatic nitrogens is 2. The van der Waals surface area contributed by atoms with E-state index in [1.807, 2.05) is 12.1 Å². The Hall–Kier alpha value is -4.43. The zero-order valence-electron chi connectivity index (χ0n) is 15.3. The quantitative estimate of drug-likeness (QED) is 0.584. The van der Waals surface area contributed by atoms with Crippen LogP contribution in [0.4, 0.5) is 0 Å². The number of rotatable bonds is 6. The molecule has 8 nitrogen and oxygen atoms in total. The third-order valence-electron chi connectivity index (χ3n) is 3.57. The Morgan fingerprint density at radius 2 is 1.41 bits per heavy atom. The summed E-state index contributed by atoms with van der Waals surface area (Å²) >= 11 is 0. The third-order valence-corrected chi connectivity index (χ3v) is 3.57. The van der Waals surface area contributed by atoms with E-state index < -0.39 is 5.97 Å². The summed E-state index contributed by atoms with van der Waals surface area (Å²) < 4.78 is 16.4. The molecule has 0 aliphatic carbocycles. The number of pyridine rings is 2. The molecule has 0 fully saturated rings. The van der Waals surface area contributed by atoms with E-state index in [2.05, 4.69) is 9.97 Å². The second-order valence-electron chi connectivity index (χ2n) is 5.61. The fourth-order valence-electron chi connectivity index (χ4n) is 2.28. The largest absolute Gasteiger partial charge is 0.462 e. The highest BCUT2D eigenvalue weighted by atomic mass is 16.5. The van der Waals surface area contributed by atoms with Crippen LogP contribution < -0.4 is 9.47 Å². The number of hydrogen-bond acceptors (Lipinski definition) is 8. The van der Waals surface area contributed by atoms with Gasteiger partial charge in [-0.3, -0.25) is 0 Å². The van der Waals surface area contributed by atoms with Gasteiger partial charge in [-0.25, -0.2) is 14.8 Å². The smallest absolute Gasteiger partial charge is 0.338 e. The maximum atomic E-state index is 12.2. The summed E-state index contributed by atoms with van der Waals surface area (Å²) in [5.41, 5.74) is 1.02. The van der Waals surface area contributed by atoms with Gasteiger partial charge in [0, 0.05) is 30.6 Å². The van der Waals surface area contributed by atoms with Crippen LogP contribution in [0.5, 0.6) is 23.3 Å². The van der Waals surface area contributed by atoms with Crippen LogP contribution >= 0.6 is 0 Å². The Morgan fingerprint density at radius 1 is 0.897 bits per heavy atom. The number of nitriles is 2. The first kappa shape index (κ1) is 19.3. The van der Waals surface area contributed by atoms with Crippen molar-refractivity contribution in [2.24, 2.45) is 0 Å². The molecule has 0 bridgehead atoms. The van der Waals surface area contributed by atoms with Crippen LogP contribution in [-0.2, 0) is 4.74 Å². The first-order valence-electron chi connectivity index (χ1n) is 8.51. The maximum absolute atomic E-state index is 12.2. The number of hydrogen-bond donors (Lipinski definition) is 0. The van der Waals surface area contributed by atoms with Gasteiger partial charge in [0.15, 0.2) is 0 Å². The third kappa shape index (κ3) is 5.06. The summed E-state index contributed by atoms with van der Waals surface area (Å²) in [6.45, 7) is 1.92. The molecule has 8 heteroatoms. The normalized spacial score (nSPS) is 9.76. The number of ether oxygens (including phenoxy) is 3. The minimum absolute atomic E-state index is 0.217. The van der Waals surface area contributed by atoms with E-state index in [1.54, 1.807) is 25.1 Å². The van der Waals surface area contributed by atoms with Crippen molar-refractivity contribution in [3.8, 4) is 35.4 Å². The fourth-order valence-corrected chi connectivity index (χ4v) is 2.28. The highest BCUT2D eigenvalue weighted by Gasteiger charge is 2.13. The Kier molecular flexibility index (Phi) is 5.99. The summed E-state index contributed by atoms with van der Waals surface area (Å²) in [4.78, 5) is 20.3. The van der Waals surface area contributed by atoms with Crippen molar-refractivity contribution in [3.05, 3.63) is 71.5 Å². The standard InChI is InChI=1S/C21H14N4O4/c1-2-27-21(26)16-7-17(28-19-5-3-14(10-22)12-24-19)9-18(8-16)29-20-6-4-15(11-23)13-25-20/h3-9,12-13H,2H2,1H3. The molecule has 0 spiro atoms. The molecule has 3 aromatic rings. The van der Waals surface area contributed by atoms with Crippen LogP contribution in [0.15, 0.2) is 54.9 Å². The van der Waals surface area contributed by atoms with Gasteiger partial charge in [0.1, 0.15) is 23.6 Å². The number of carbonyl (C=O) groups is 1. The van der Waals surface area contributed by atoms with Gasteiger partial charge in [0.05, 0.1) is 23.3 Å². The van der Waals surface area contributed by atoms with Crippen LogP contribution in [-0.4, -0.2) is 22.5 Å². The van der Waals surface area contributed by atoms with E-state index >= 15 is 0 Å². The minimum atomic E-state index is -0.539. The number of carbonyl (C=O) groups excluding carboxylic acids is 1. The molecule has 2 aromatic heterocycles. The zero-order valence-corrected chi connectivity index (χ0v) is 15.3. The van der Waals surface area contributed by atoms with Gasteiger partial charge in [-0.05, 0) is 31.2 Å². The van der Waals surface area contributed by atoms with E-state index in [0.29, 0.717) is 11.1 Å². The molecule has 3 rings (SSSR count). The van der Waals surface area contributed by atoms with Crippen molar-refractivity contribution in [2.75, 3.05) is 6.61 Å². The maximum Gasteiger partial charge on any atom is 0.338 e. The van der Waals surface area contributed by atoms with Crippen molar-refractivity contribution in [3.63, 3.8) is 0 Å². The van der Waals surface area contributed by atoms with Gasteiger partial charge in [0.2, 0.25) is 11.8 Å². The Balaban J connectivity index is 1.90. The van der Waals surface area contributed by atoms with E-state index in [9.17, 15) is 4.79 Å². The Morgan fingerprint density at radius 3 is 1.79 bits per heavy atom. The highest BCUT2D eigenvalue weighted by molar-refractivity contribution is 5.90. The lowest BCUT2D eigenvalue weighted by Crippen LogP contribution is -2.05. The van der Waals surface area contributed by atoms with Crippen LogP contribution in [0.25, 0.3) is 0 Å². The van der Waals surface area contributed by atoms with Crippen LogP contribution in [0.3, 0.4) is 0 Å². The molecular formula is C21H14N4O4. The molecule has 0 atom stereocenters. The summed E-state index contributed by atoms with van der Waals surface area (Å²) in [5.74, 6) is 0.524. The van der Waals surface area contributed by atoms with Crippen molar-refractivity contribution in [2.45, 2.75) is 6.92 Å². The lowest BCUT2D eigenvalue weighted by molar-refractivity contribution is 0.0525. The van der Waals surface area contributed by atoms with Gasteiger partial charge in [-0.2, -0.15) is 10.5 Å². The topological polar surface area (TPSA) is 118 Å². The molecule has 0 saturated heterocycles. The molecular weight excluding hydrogens is 372 g/mol. The average Bonchev–Trinajstić information content (AvgIpc) is 2.75. The second kappa shape index (κ2) is 8.98. The molecule has 0 aliphatic rings. The summed E-state index contributed by atoms with van der Waals surface area (Å²) in [5, 5.41) is 17.7. The monoisotopic (exact) mass is 386 g/mol. The van der Waals surface area contributed by atoms with Crippen LogP contribution in [0.1, 0.15) is 28.4 Å². The van der Waals surface area contributed by atoms with E-state index in [1.165, 1.54) is 36.7 Å². The van der Waals surface area contributed by atoms with Crippen molar-refractivity contribution < 1.29 is 19.0 Å². The summed E-state index contributed by atoms with van der Waals surface area (Å²) in [7, 11) is 0. The van der Waals surface area contributed by atoms with Gasteiger partial charge in [0.25, 0.3) is 0 Å². The molecule has 0 aliphatic heterocycles. The van der Waals surface area contributed by atoms with E-state index in [0.717, 1.165) is 0 Å². The predicted octanol–water partition coefficient (Wildman–Crippen LogP) is 3.98. The van der Waals surface area contributed by atoms with Crippen LogP contribution in [0.2, 0.25) is 0 Å². The molecule has 0 amide bonds. The van der Waals surface area contributed by atoms with Gasteiger partial charge in [-0.15, -0.1) is 0 Å². The van der Waals surface area contributed by atoms with E-state index in [-0.39, 0.29) is 35.4 Å². The molecule has 142 valence electrons. The highest BCUT2D eigenvalue weighted by Crippen LogP contribution is 2.29. The fraction of sp³-hybridized carbons (Fsp3) is 0.0952. The molecule has 29 heavy (non-hydrogen) atoms. The lowest BCUT2D eigenvalue weighted by atomic mass is 10.2. The molecule has 0 N–H and O–H groups in total. The second-order valence-corrected chi connectivity index (χ2v) is 5.61. The molecule has 0 unspecified atom stereocenters. The summed E-state index contributed by atoms with van der Waals surface area (Å²) in [6, 6.07) is 14.7. The van der Waals surface area contributed by atoms with Crippen molar-refractivity contribution in [1.29, 1.82) is 10.5 Å².